The molecule has 0 aliphatic carbocycles. The molecule has 6 aromatic rings. The van der Waals surface area contributed by atoms with Crippen LogP contribution in [-0.4, -0.2) is 48.1 Å². The molecule has 182 valence electrons. The SMILES string of the molecule is c1cc(-c2nccc3[nH]c(-c4n[nH]c5ccc(-c6cncc(CN7CCCCC7)c6)cc45)cc23)ccn1. The Balaban J connectivity index is 1.26. The van der Waals surface area contributed by atoms with E-state index in [0.29, 0.717) is 0 Å². The number of H-pyrrole nitrogens is 2. The van der Waals surface area contributed by atoms with Gasteiger partial charge in [-0.2, -0.15) is 5.10 Å². The summed E-state index contributed by atoms with van der Waals surface area (Å²) in [6.45, 7) is 3.32. The van der Waals surface area contributed by atoms with Crippen molar-refractivity contribution in [2.45, 2.75) is 25.8 Å². The Morgan fingerprint density at radius 2 is 1.57 bits per heavy atom. The van der Waals surface area contributed by atoms with Crippen molar-refractivity contribution in [3.63, 3.8) is 0 Å². The van der Waals surface area contributed by atoms with Gasteiger partial charge >= 0.3 is 0 Å². The van der Waals surface area contributed by atoms with Crippen molar-refractivity contribution >= 4 is 21.8 Å². The summed E-state index contributed by atoms with van der Waals surface area (Å²) in [4.78, 5) is 19.5. The zero-order valence-electron chi connectivity index (χ0n) is 20.5. The second kappa shape index (κ2) is 9.26. The third-order valence-electron chi connectivity index (χ3n) is 7.30. The minimum atomic E-state index is 0.895. The Morgan fingerprint density at radius 3 is 2.46 bits per heavy atom. The number of piperidine rings is 1. The van der Waals surface area contributed by atoms with Gasteiger partial charge in [-0.15, -0.1) is 0 Å². The second-order valence-electron chi connectivity index (χ2n) is 9.79. The van der Waals surface area contributed by atoms with Crippen LogP contribution in [0.5, 0.6) is 0 Å². The van der Waals surface area contributed by atoms with E-state index in [1.807, 2.05) is 36.8 Å². The van der Waals surface area contributed by atoms with Crippen LogP contribution in [0.4, 0.5) is 0 Å². The van der Waals surface area contributed by atoms with E-state index < -0.39 is 0 Å². The molecular weight excluding hydrogens is 458 g/mol. The van der Waals surface area contributed by atoms with Crippen LogP contribution in [-0.2, 0) is 6.54 Å². The summed E-state index contributed by atoms with van der Waals surface area (Å²) in [5, 5.41) is 10.0. The number of likely N-dealkylation sites (tertiary alicyclic amines) is 1. The lowest BCUT2D eigenvalue weighted by atomic mass is 10.0. The molecule has 7 rings (SSSR count). The molecule has 7 nitrogen and oxygen atoms in total. The number of pyridine rings is 3. The smallest absolute Gasteiger partial charge is 0.116 e. The highest BCUT2D eigenvalue weighted by molar-refractivity contribution is 6.00. The molecule has 7 heteroatoms. The van der Waals surface area contributed by atoms with Gasteiger partial charge in [0, 0.05) is 64.9 Å². The molecule has 1 aliphatic heterocycles. The zero-order valence-corrected chi connectivity index (χ0v) is 20.5. The highest BCUT2D eigenvalue weighted by atomic mass is 15.1. The molecule has 0 bridgehead atoms. The Kier molecular flexibility index (Phi) is 5.48. The number of hydrogen-bond acceptors (Lipinski definition) is 5. The Labute approximate surface area is 214 Å². The van der Waals surface area contributed by atoms with E-state index in [1.165, 1.54) is 37.9 Å². The standard InChI is InChI=1S/C30H27N7/c1-2-12-37(13-3-1)19-20-14-23(18-32-17-20)22-4-5-27-24(15-22)30(36-35-27)28-16-25-26(34-28)8-11-33-29(25)21-6-9-31-10-7-21/h4-11,14-18,34H,1-3,12-13,19H2,(H,35,36). The largest absolute Gasteiger partial charge is 0.353 e. The molecule has 5 aromatic heterocycles. The van der Waals surface area contributed by atoms with E-state index in [4.69, 9.17) is 0 Å². The fourth-order valence-corrected chi connectivity index (χ4v) is 5.43. The third kappa shape index (κ3) is 4.17. The van der Waals surface area contributed by atoms with Crippen LogP contribution in [0.3, 0.4) is 0 Å². The highest BCUT2D eigenvalue weighted by Gasteiger charge is 2.16. The minimum Gasteiger partial charge on any atom is -0.353 e. The fraction of sp³-hybridized carbons (Fsp3) is 0.200. The molecule has 0 unspecified atom stereocenters. The fourth-order valence-electron chi connectivity index (χ4n) is 5.43. The maximum Gasteiger partial charge on any atom is 0.116 e. The van der Waals surface area contributed by atoms with Crippen molar-refractivity contribution in [1.29, 1.82) is 0 Å². The first-order valence-corrected chi connectivity index (χ1v) is 12.9. The summed E-state index contributed by atoms with van der Waals surface area (Å²) in [5.74, 6) is 0. The summed E-state index contributed by atoms with van der Waals surface area (Å²) in [6.07, 6.45) is 13.3. The summed E-state index contributed by atoms with van der Waals surface area (Å²) in [6, 6.07) is 16.8. The van der Waals surface area contributed by atoms with Gasteiger partial charge in [-0.05, 0) is 79.5 Å². The van der Waals surface area contributed by atoms with Crippen molar-refractivity contribution in [2.24, 2.45) is 0 Å². The highest BCUT2D eigenvalue weighted by Crippen LogP contribution is 2.34. The van der Waals surface area contributed by atoms with Gasteiger partial charge in [0.1, 0.15) is 5.69 Å². The van der Waals surface area contributed by atoms with E-state index in [2.05, 4.69) is 65.4 Å². The molecule has 0 radical (unpaired) electrons. The lowest BCUT2D eigenvalue weighted by molar-refractivity contribution is 0.220. The molecule has 6 heterocycles. The van der Waals surface area contributed by atoms with Gasteiger partial charge in [-0.3, -0.25) is 25.0 Å². The maximum absolute atomic E-state index is 4.68. The Bertz CT molecular complexity index is 1690. The van der Waals surface area contributed by atoms with Gasteiger partial charge in [0.05, 0.1) is 16.9 Å². The monoisotopic (exact) mass is 485 g/mol. The molecule has 0 spiro atoms. The van der Waals surface area contributed by atoms with E-state index in [0.717, 1.165) is 62.1 Å². The number of benzene rings is 1. The number of aromatic nitrogens is 6. The molecule has 1 aliphatic rings. The number of rotatable bonds is 5. The number of nitrogens with zero attached hydrogens (tertiary/aromatic N) is 5. The number of hydrogen-bond donors (Lipinski definition) is 2. The minimum absolute atomic E-state index is 0.895. The van der Waals surface area contributed by atoms with Gasteiger partial charge in [0.15, 0.2) is 0 Å². The summed E-state index contributed by atoms with van der Waals surface area (Å²) >= 11 is 0. The Hall–Kier alpha value is -4.36. The first-order valence-electron chi connectivity index (χ1n) is 12.9. The van der Waals surface area contributed by atoms with Crippen molar-refractivity contribution in [2.75, 3.05) is 13.1 Å². The predicted molar refractivity (Wildman–Crippen MR) is 147 cm³/mol. The number of fused-ring (bicyclic) bond motifs is 2. The van der Waals surface area contributed by atoms with Gasteiger partial charge < -0.3 is 4.98 Å². The summed E-state index contributed by atoms with van der Waals surface area (Å²) < 4.78 is 0. The van der Waals surface area contributed by atoms with Gasteiger partial charge in [-0.25, -0.2) is 0 Å². The molecular formula is C30H27N7. The molecule has 37 heavy (non-hydrogen) atoms. The van der Waals surface area contributed by atoms with Crippen LogP contribution < -0.4 is 0 Å². The molecule has 0 atom stereocenters. The molecule has 1 saturated heterocycles. The van der Waals surface area contributed by atoms with Crippen molar-refractivity contribution in [3.05, 3.63) is 85.1 Å². The van der Waals surface area contributed by atoms with E-state index in [9.17, 15) is 0 Å². The average molecular weight is 486 g/mol. The second-order valence-corrected chi connectivity index (χ2v) is 9.79. The molecule has 1 fully saturated rings. The van der Waals surface area contributed by atoms with Gasteiger partial charge in [0.2, 0.25) is 0 Å². The third-order valence-corrected chi connectivity index (χ3v) is 7.30. The van der Waals surface area contributed by atoms with Gasteiger partial charge in [0.25, 0.3) is 0 Å². The van der Waals surface area contributed by atoms with E-state index in [1.54, 1.807) is 12.4 Å². The first kappa shape index (κ1) is 21.9. The van der Waals surface area contributed by atoms with Crippen LogP contribution >= 0.6 is 0 Å². The van der Waals surface area contributed by atoms with Crippen LogP contribution in [0.25, 0.3) is 55.6 Å². The van der Waals surface area contributed by atoms with Crippen molar-refractivity contribution in [3.8, 4) is 33.8 Å². The zero-order chi connectivity index (χ0) is 24.6. The quantitative estimate of drug-likeness (QED) is 0.303. The van der Waals surface area contributed by atoms with E-state index >= 15 is 0 Å². The lowest BCUT2D eigenvalue weighted by Gasteiger charge is -2.26. The van der Waals surface area contributed by atoms with Crippen molar-refractivity contribution < 1.29 is 0 Å². The summed E-state index contributed by atoms with van der Waals surface area (Å²) in [7, 11) is 0. The lowest BCUT2D eigenvalue weighted by Crippen LogP contribution is -2.29. The van der Waals surface area contributed by atoms with Crippen molar-refractivity contribution in [1.82, 2.24) is 35.0 Å². The number of nitrogens with one attached hydrogen (secondary N) is 2. The topological polar surface area (TPSA) is 86.4 Å². The average Bonchev–Trinajstić information content (AvgIpc) is 3.58. The Morgan fingerprint density at radius 1 is 0.703 bits per heavy atom. The first-order chi connectivity index (χ1) is 18.3. The molecule has 0 amide bonds. The van der Waals surface area contributed by atoms with E-state index in [-0.39, 0.29) is 0 Å². The maximum atomic E-state index is 4.68. The number of aromatic amines is 2. The van der Waals surface area contributed by atoms with Crippen LogP contribution in [0.1, 0.15) is 24.8 Å². The van der Waals surface area contributed by atoms with Gasteiger partial charge in [-0.1, -0.05) is 12.5 Å². The predicted octanol–water partition coefficient (Wildman–Crippen LogP) is 6.22. The molecule has 2 N–H and O–H groups in total. The molecule has 0 saturated carbocycles. The van der Waals surface area contributed by atoms with Crippen LogP contribution in [0, 0.1) is 0 Å². The van der Waals surface area contributed by atoms with Crippen LogP contribution in [0.15, 0.2) is 79.5 Å². The van der Waals surface area contributed by atoms with Crippen LogP contribution in [0.2, 0.25) is 0 Å². The normalized spacial score (nSPS) is 14.5. The summed E-state index contributed by atoms with van der Waals surface area (Å²) in [5.41, 5.74) is 9.38. The molecule has 1 aromatic carbocycles.